The lowest BCUT2D eigenvalue weighted by Crippen LogP contribution is -2.45. The Bertz CT molecular complexity index is 478. The summed E-state index contributed by atoms with van der Waals surface area (Å²) in [5, 5.41) is 2.96. The van der Waals surface area contributed by atoms with Gasteiger partial charge in [0, 0.05) is 5.54 Å². The van der Waals surface area contributed by atoms with Crippen molar-refractivity contribution in [3.8, 4) is 0 Å². The molecule has 1 rings (SSSR count). The number of carbonyl (C=O) groups excluding carboxylic acids is 1. The minimum atomic E-state index is -0.429. The van der Waals surface area contributed by atoms with Gasteiger partial charge in [-0.25, -0.2) is 4.39 Å². The topological polar surface area (TPSA) is 29.1 Å². The van der Waals surface area contributed by atoms with E-state index < -0.39 is 5.82 Å². The van der Waals surface area contributed by atoms with Crippen LogP contribution in [0.1, 0.15) is 51.4 Å². The van der Waals surface area contributed by atoms with Gasteiger partial charge in [0.1, 0.15) is 5.82 Å². The minimum absolute atomic E-state index is 0.107. The van der Waals surface area contributed by atoms with E-state index in [4.69, 9.17) is 0 Å². The van der Waals surface area contributed by atoms with Crippen LogP contribution >= 0.6 is 15.9 Å². The smallest absolute Gasteiger partial charge is 0.252 e. The summed E-state index contributed by atoms with van der Waals surface area (Å²) in [6.45, 7) is 10.3. The summed E-state index contributed by atoms with van der Waals surface area (Å²) in [5.74, 6) is -0.693. The molecule has 0 heterocycles. The molecule has 2 nitrogen and oxygen atoms in total. The molecule has 19 heavy (non-hydrogen) atoms. The van der Waals surface area contributed by atoms with Crippen LogP contribution < -0.4 is 5.32 Å². The first-order valence-electron chi connectivity index (χ1n) is 6.28. The van der Waals surface area contributed by atoms with E-state index in [1.165, 1.54) is 12.1 Å². The van der Waals surface area contributed by atoms with Gasteiger partial charge in [0.05, 0.1) is 10.0 Å². The summed E-state index contributed by atoms with van der Waals surface area (Å²) in [5.41, 5.74) is 0.0822. The molecule has 4 heteroatoms. The zero-order chi connectivity index (χ0) is 14.8. The van der Waals surface area contributed by atoms with Crippen LogP contribution in [0, 0.1) is 11.2 Å². The molecule has 0 atom stereocenters. The predicted molar refractivity (Wildman–Crippen MR) is 79.7 cm³/mol. The molecule has 1 N–H and O–H groups in total. The van der Waals surface area contributed by atoms with E-state index in [1.54, 1.807) is 6.07 Å². The van der Waals surface area contributed by atoms with Crippen LogP contribution in [-0.2, 0) is 0 Å². The first-order valence-corrected chi connectivity index (χ1v) is 7.08. The van der Waals surface area contributed by atoms with Gasteiger partial charge < -0.3 is 5.32 Å². The van der Waals surface area contributed by atoms with Gasteiger partial charge in [-0.15, -0.1) is 0 Å². The molecule has 1 aromatic carbocycles. The lowest BCUT2D eigenvalue weighted by molar-refractivity contribution is 0.0890. The SMILES string of the molecule is CC(C)(C)CC(C)(C)NC(=O)c1cccc(F)c1Br. The Morgan fingerprint density at radius 2 is 1.84 bits per heavy atom. The number of amides is 1. The second-order valence-corrected chi connectivity index (χ2v) is 7.47. The second kappa shape index (κ2) is 5.61. The largest absolute Gasteiger partial charge is 0.347 e. The Morgan fingerprint density at radius 3 is 2.37 bits per heavy atom. The van der Waals surface area contributed by atoms with Gasteiger partial charge in [0.15, 0.2) is 0 Å². The van der Waals surface area contributed by atoms with Crippen molar-refractivity contribution in [1.29, 1.82) is 0 Å². The van der Waals surface area contributed by atoms with E-state index in [0.29, 0.717) is 5.56 Å². The summed E-state index contributed by atoms with van der Waals surface area (Å²) in [6, 6.07) is 4.46. The van der Waals surface area contributed by atoms with E-state index >= 15 is 0 Å². The van der Waals surface area contributed by atoms with Gasteiger partial charge in [-0.1, -0.05) is 26.8 Å². The average Bonchev–Trinajstić information content (AvgIpc) is 2.17. The molecule has 0 unspecified atom stereocenters. The lowest BCUT2D eigenvalue weighted by Gasteiger charge is -2.33. The maximum absolute atomic E-state index is 13.4. The maximum Gasteiger partial charge on any atom is 0.252 e. The molecule has 0 saturated heterocycles. The molecule has 0 bridgehead atoms. The quantitative estimate of drug-likeness (QED) is 0.867. The molecule has 0 fully saturated rings. The molecule has 0 aliphatic heterocycles. The monoisotopic (exact) mass is 329 g/mol. The number of nitrogens with one attached hydrogen (secondary N) is 1. The standard InChI is InChI=1S/C15H21BrFNO/c1-14(2,3)9-15(4,5)18-13(19)10-7-6-8-11(17)12(10)16/h6-8H,9H2,1-5H3,(H,18,19). The van der Waals surface area contributed by atoms with E-state index in [1.807, 2.05) is 13.8 Å². The highest BCUT2D eigenvalue weighted by atomic mass is 79.9. The predicted octanol–water partition coefficient (Wildman–Crippen LogP) is 4.53. The highest BCUT2D eigenvalue weighted by Gasteiger charge is 2.28. The Hall–Kier alpha value is -0.900. The first-order chi connectivity index (χ1) is 8.52. The lowest BCUT2D eigenvalue weighted by atomic mass is 9.81. The van der Waals surface area contributed by atoms with Crippen molar-refractivity contribution < 1.29 is 9.18 Å². The molecule has 0 aromatic heterocycles. The van der Waals surface area contributed by atoms with Crippen LogP contribution in [0.25, 0.3) is 0 Å². The van der Waals surface area contributed by atoms with Crippen molar-refractivity contribution in [2.24, 2.45) is 5.41 Å². The van der Waals surface area contributed by atoms with Gasteiger partial charge in [-0.05, 0) is 53.7 Å². The molecular formula is C15H21BrFNO. The highest BCUT2D eigenvalue weighted by molar-refractivity contribution is 9.10. The molecule has 0 spiro atoms. The minimum Gasteiger partial charge on any atom is -0.347 e. The van der Waals surface area contributed by atoms with Crippen LogP contribution in [0.15, 0.2) is 22.7 Å². The zero-order valence-corrected chi connectivity index (χ0v) is 13.7. The Kier molecular flexibility index (Phi) is 4.77. The van der Waals surface area contributed by atoms with Crippen LogP contribution in [0.2, 0.25) is 0 Å². The van der Waals surface area contributed by atoms with Gasteiger partial charge in [-0.3, -0.25) is 4.79 Å². The van der Waals surface area contributed by atoms with Crippen molar-refractivity contribution in [2.45, 2.75) is 46.6 Å². The van der Waals surface area contributed by atoms with Crippen LogP contribution in [0.5, 0.6) is 0 Å². The third-order valence-corrected chi connectivity index (χ3v) is 3.43. The van der Waals surface area contributed by atoms with E-state index in [-0.39, 0.29) is 21.3 Å². The number of rotatable bonds is 3. The van der Waals surface area contributed by atoms with Gasteiger partial charge in [0.2, 0.25) is 0 Å². The second-order valence-electron chi connectivity index (χ2n) is 6.68. The molecule has 106 valence electrons. The molecule has 1 amide bonds. The van der Waals surface area contributed by atoms with Crippen molar-refractivity contribution in [3.05, 3.63) is 34.1 Å². The summed E-state index contributed by atoms with van der Waals surface area (Å²) < 4.78 is 13.6. The fourth-order valence-electron chi connectivity index (χ4n) is 2.42. The van der Waals surface area contributed by atoms with Gasteiger partial charge >= 0.3 is 0 Å². The van der Waals surface area contributed by atoms with Crippen LogP contribution in [0.3, 0.4) is 0 Å². The summed E-state index contributed by atoms with van der Waals surface area (Å²) >= 11 is 3.11. The van der Waals surface area contributed by atoms with Crippen molar-refractivity contribution in [3.63, 3.8) is 0 Å². The molecule has 0 radical (unpaired) electrons. The Balaban J connectivity index is 2.88. The van der Waals surface area contributed by atoms with Crippen molar-refractivity contribution in [2.75, 3.05) is 0 Å². The summed E-state index contributed by atoms with van der Waals surface area (Å²) in [6.07, 6.45) is 0.832. The number of hydrogen-bond acceptors (Lipinski definition) is 1. The summed E-state index contributed by atoms with van der Waals surface area (Å²) in [4.78, 5) is 12.2. The Morgan fingerprint density at radius 1 is 1.26 bits per heavy atom. The average molecular weight is 330 g/mol. The number of hydrogen-bond donors (Lipinski definition) is 1. The normalized spacial score (nSPS) is 12.4. The van der Waals surface area contributed by atoms with Crippen molar-refractivity contribution >= 4 is 21.8 Å². The number of carbonyl (C=O) groups is 1. The van der Waals surface area contributed by atoms with E-state index in [2.05, 4.69) is 42.0 Å². The number of benzene rings is 1. The highest BCUT2D eigenvalue weighted by Crippen LogP contribution is 2.28. The number of halogens is 2. The third kappa shape index (κ3) is 4.94. The van der Waals surface area contributed by atoms with E-state index in [9.17, 15) is 9.18 Å². The van der Waals surface area contributed by atoms with E-state index in [0.717, 1.165) is 6.42 Å². The van der Waals surface area contributed by atoms with Crippen LogP contribution in [-0.4, -0.2) is 11.4 Å². The first kappa shape index (κ1) is 16.2. The molecule has 1 aromatic rings. The van der Waals surface area contributed by atoms with Gasteiger partial charge in [0.25, 0.3) is 5.91 Å². The zero-order valence-electron chi connectivity index (χ0n) is 12.1. The molecular weight excluding hydrogens is 309 g/mol. The maximum atomic E-state index is 13.4. The molecule has 0 aliphatic carbocycles. The van der Waals surface area contributed by atoms with Crippen molar-refractivity contribution in [1.82, 2.24) is 5.32 Å². The fraction of sp³-hybridized carbons (Fsp3) is 0.533. The van der Waals surface area contributed by atoms with Crippen LogP contribution in [0.4, 0.5) is 4.39 Å². The third-order valence-electron chi connectivity index (χ3n) is 2.62. The summed E-state index contributed by atoms with van der Waals surface area (Å²) in [7, 11) is 0. The van der Waals surface area contributed by atoms with Gasteiger partial charge in [-0.2, -0.15) is 0 Å². The molecule has 0 saturated carbocycles. The Labute approximate surface area is 122 Å². The molecule has 0 aliphatic rings. The fourth-order valence-corrected chi connectivity index (χ4v) is 2.87.